The van der Waals surface area contributed by atoms with Crippen LogP contribution in [-0.2, 0) is 9.59 Å². The van der Waals surface area contributed by atoms with Crippen molar-refractivity contribution in [3.8, 4) is 11.5 Å². The van der Waals surface area contributed by atoms with Crippen LogP contribution in [0.5, 0.6) is 11.5 Å². The predicted octanol–water partition coefficient (Wildman–Crippen LogP) is 6.13. The van der Waals surface area contributed by atoms with E-state index in [1.165, 1.54) is 30.6 Å². The summed E-state index contributed by atoms with van der Waals surface area (Å²) < 4.78 is 11.9. The molecule has 2 unspecified atom stereocenters. The van der Waals surface area contributed by atoms with Crippen LogP contribution in [0.25, 0.3) is 6.08 Å². The lowest BCUT2D eigenvalue weighted by Crippen LogP contribution is -2.47. The normalized spacial score (nSPS) is 17.0. The molecule has 8 heteroatoms. The van der Waals surface area contributed by atoms with Crippen molar-refractivity contribution in [2.45, 2.75) is 78.4 Å². The predicted molar refractivity (Wildman–Crippen MR) is 138 cm³/mol. The number of unbranched alkanes of at least 4 members (excludes halogenated alkanes) is 4. The number of methoxy groups -OCH3 is 1. The Hall–Kier alpha value is -2.06. The molecule has 1 heterocycles. The van der Waals surface area contributed by atoms with Crippen LogP contribution in [0.1, 0.15) is 71.8 Å². The molecule has 1 aromatic carbocycles. The van der Waals surface area contributed by atoms with Crippen molar-refractivity contribution < 1.29 is 24.2 Å². The quantitative estimate of drug-likeness (QED) is 0.201. The van der Waals surface area contributed by atoms with Crippen LogP contribution in [0.4, 0.5) is 0 Å². The number of benzene rings is 1. The maximum atomic E-state index is 12.9. The van der Waals surface area contributed by atoms with Crippen LogP contribution in [0.3, 0.4) is 0 Å². The van der Waals surface area contributed by atoms with Crippen molar-refractivity contribution in [2.24, 2.45) is 5.92 Å². The minimum Gasteiger partial charge on any atom is -0.493 e. The monoisotopic (exact) mass is 493 g/mol. The van der Waals surface area contributed by atoms with Gasteiger partial charge in [-0.3, -0.25) is 9.69 Å². The minimum absolute atomic E-state index is 0.0756. The van der Waals surface area contributed by atoms with Gasteiger partial charge in [-0.05, 0) is 49.5 Å². The molecule has 1 aliphatic heterocycles. The Morgan fingerprint density at radius 2 is 1.88 bits per heavy atom. The molecule has 2 atom stereocenters. The van der Waals surface area contributed by atoms with Gasteiger partial charge in [0.05, 0.1) is 18.1 Å². The van der Waals surface area contributed by atoms with Crippen molar-refractivity contribution in [1.82, 2.24) is 4.90 Å². The lowest BCUT2D eigenvalue weighted by atomic mass is 10.0. The van der Waals surface area contributed by atoms with E-state index in [9.17, 15) is 14.7 Å². The molecule has 2 rings (SSSR count). The fourth-order valence-corrected chi connectivity index (χ4v) is 5.08. The first-order chi connectivity index (χ1) is 15.7. The molecular weight excluding hydrogens is 458 g/mol. The number of carbonyl (C=O) groups excluding carboxylic acids is 1. The molecular formula is C25H35NO5S2. The summed E-state index contributed by atoms with van der Waals surface area (Å²) in [5.41, 5.74) is 0.753. The number of hydrogen-bond acceptors (Lipinski definition) is 6. The van der Waals surface area contributed by atoms with Crippen molar-refractivity contribution in [3.05, 3.63) is 28.7 Å². The summed E-state index contributed by atoms with van der Waals surface area (Å²) in [6.45, 7) is 7.79. The Labute approximate surface area is 206 Å². The number of carbonyl (C=O) groups is 2. The van der Waals surface area contributed by atoms with Gasteiger partial charge in [0.15, 0.2) is 11.5 Å². The maximum Gasteiger partial charge on any atom is 0.327 e. The van der Waals surface area contributed by atoms with Gasteiger partial charge in [-0.2, -0.15) is 0 Å². The number of rotatable bonds is 13. The van der Waals surface area contributed by atoms with E-state index in [0.717, 1.165) is 30.2 Å². The molecule has 1 saturated heterocycles. The number of nitrogens with zero attached hydrogens (tertiary/aromatic N) is 1. The third kappa shape index (κ3) is 7.47. The summed E-state index contributed by atoms with van der Waals surface area (Å²) in [5, 5.41) is 9.57. The highest BCUT2D eigenvalue weighted by Gasteiger charge is 2.41. The summed E-state index contributed by atoms with van der Waals surface area (Å²) in [7, 11) is 1.58. The Balaban J connectivity index is 2.11. The highest BCUT2D eigenvalue weighted by molar-refractivity contribution is 8.26. The SMILES string of the molecule is CCCCCCCC(C)Oc1ccc(C=C2SC(=S)N(C(C(=O)O)C(C)C)C2=O)cc1OC. The van der Waals surface area contributed by atoms with Gasteiger partial charge in [-0.1, -0.05) is 76.5 Å². The van der Waals surface area contributed by atoms with Gasteiger partial charge in [0.2, 0.25) is 0 Å². The number of hydrogen-bond donors (Lipinski definition) is 1. The Morgan fingerprint density at radius 3 is 2.48 bits per heavy atom. The summed E-state index contributed by atoms with van der Waals surface area (Å²) in [5.74, 6) is -0.474. The van der Waals surface area contributed by atoms with E-state index in [4.69, 9.17) is 21.7 Å². The van der Waals surface area contributed by atoms with E-state index in [1.807, 2.05) is 18.2 Å². The summed E-state index contributed by atoms with van der Waals surface area (Å²) in [6.07, 6.45) is 8.89. The first kappa shape index (κ1) is 27.2. The zero-order chi connectivity index (χ0) is 24.5. The molecule has 33 heavy (non-hydrogen) atoms. The van der Waals surface area contributed by atoms with E-state index in [-0.39, 0.29) is 22.2 Å². The summed E-state index contributed by atoms with van der Waals surface area (Å²) in [6, 6.07) is 4.52. The molecule has 1 N–H and O–H groups in total. The minimum atomic E-state index is -1.06. The molecule has 1 aromatic rings. The topological polar surface area (TPSA) is 76.1 Å². The Morgan fingerprint density at radius 1 is 1.18 bits per heavy atom. The summed E-state index contributed by atoms with van der Waals surface area (Å²) >= 11 is 6.44. The third-order valence-corrected chi connectivity index (χ3v) is 6.84. The van der Waals surface area contributed by atoms with Gasteiger partial charge in [-0.15, -0.1) is 0 Å². The number of amides is 1. The number of ether oxygens (including phenoxy) is 2. The largest absolute Gasteiger partial charge is 0.493 e. The van der Waals surface area contributed by atoms with Crippen LogP contribution >= 0.6 is 24.0 Å². The highest BCUT2D eigenvalue weighted by atomic mass is 32.2. The van der Waals surface area contributed by atoms with Gasteiger partial charge < -0.3 is 14.6 Å². The maximum absolute atomic E-state index is 12.9. The van der Waals surface area contributed by atoms with Gasteiger partial charge in [0.1, 0.15) is 10.4 Å². The third-order valence-electron chi connectivity index (χ3n) is 5.51. The number of carboxylic acid groups (broad SMARTS) is 1. The zero-order valence-electron chi connectivity index (χ0n) is 20.1. The number of carboxylic acids is 1. The van der Waals surface area contributed by atoms with Crippen molar-refractivity contribution in [1.29, 1.82) is 0 Å². The average Bonchev–Trinajstić information content (AvgIpc) is 3.02. The van der Waals surface area contributed by atoms with Crippen molar-refractivity contribution >= 4 is 46.3 Å². The molecule has 1 amide bonds. The van der Waals surface area contributed by atoms with E-state index in [0.29, 0.717) is 16.4 Å². The van der Waals surface area contributed by atoms with E-state index in [1.54, 1.807) is 27.0 Å². The van der Waals surface area contributed by atoms with Crippen LogP contribution in [0, 0.1) is 5.92 Å². The van der Waals surface area contributed by atoms with Gasteiger partial charge in [-0.25, -0.2) is 4.79 Å². The molecule has 0 radical (unpaired) electrons. The second kappa shape index (κ2) is 13.0. The van der Waals surface area contributed by atoms with E-state index >= 15 is 0 Å². The molecule has 0 bridgehead atoms. The Kier molecular flexibility index (Phi) is 10.7. The summed E-state index contributed by atoms with van der Waals surface area (Å²) in [4.78, 5) is 26.2. The molecule has 0 aromatic heterocycles. The first-order valence-corrected chi connectivity index (χ1v) is 12.8. The smallest absolute Gasteiger partial charge is 0.327 e. The fraction of sp³-hybridized carbons (Fsp3) is 0.560. The molecule has 0 saturated carbocycles. The molecule has 1 fully saturated rings. The average molecular weight is 494 g/mol. The number of thiocarbonyl (C=S) groups is 1. The second-order valence-corrected chi connectivity index (χ2v) is 10.3. The van der Waals surface area contributed by atoms with Gasteiger partial charge >= 0.3 is 5.97 Å². The second-order valence-electron chi connectivity index (χ2n) is 8.62. The van der Waals surface area contributed by atoms with E-state index < -0.39 is 12.0 Å². The number of thioether (sulfide) groups is 1. The van der Waals surface area contributed by atoms with Crippen molar-refractivity contribution in [2.75, 3.05) is 7.11 Å². The van der Waals surface area contributed by atoms with Crippen LogP contribution in [0.2, 0.25) is 0 Å². The van der Waals surface area contributed by atoms with Crippen LogP contribution < -0.4 is 9.47 Å². The van der Waals surface area contributed by atoms with Crippen LogP contribution in [0.15, 0.2) is 23.1 Å². The molecule has 0 aliphatic carbocycles. The molecule has 6 nitrogen and oxygen atoms in total. The Bertz CT molecular complexity index is 884. The van der Waals surface area contributed by atoms with Crippen LogP contribution in [-0.4, -0.2) is 45.5 Å². The van der Waals surface area contributed by atoms with Gasteiger partial charge in [0, 0.05) is 0 Å². The molecule has 1 aliphatic rings. The molecule has 0 spiro atoms. The molecule has 182 valence electrons. The standard InChI is InChI=1S/C25H35NO5S2/c1-6-7-8-9-10-11-17(4)31-19-13-12-18(14-20(19)30-5)15-21-23(27)26(25(32)33-21)22(16(2)3)24(28)29/h12-17,22H,6-11H2,1-5H3,(H,28,29). The van der Waals surface area contributed by atoms with E-state index in [2.05, 4.69) is 13.8 Å². The number of aliphatic carboxylic acids is 1. The zero-order valence-corrected chi connectivity index (χ0v) is 21.8. The lowest BCUT2D eigenvalue weighted by molar-refractivity contribution is -0.146. The lowest BCUT2D eigenvalue weighted by Gasteiger charge is -2.26. The van der Waals surface area contributed by atoms with Crippen molar-refractivity contribution in [3.63, 3.8) is 0 Å². The fourth-order valence-electron chi connectivity index (χ4n) is 3.75. The highest BCUT2D eigenvalue weighted by Crippen LogP contribution is 2.37. The van der Waals surface area contributed by atoms with Gasteiger partial charge in [0.25, 0.3) is 5.91 Å². The first-order valence-electron chi connectivity index (χ1n) is 11.5.